The van der Waals surface area contributed by atoms with Crippen LogP contribution in [0.1, 0.15) is 32.0 Å². The summed E-state index contributed by atoms with van der Waals surface area (Å²) in [7, 11) is 0. The Bertz CT molecular complexity index is 1340. The normalized spacial score (nSPS) is 11.0. The zero-order valence-corrected chi connectivity index (χ0v) is 16.9. The number of carbonyl (C=O) groups excluding carboxylic acids is 1. The molecule has 0 bridgehead atoms. The minimum absolute atomic E-state index is 0.0776. The van der Waals surface area contributed by atoms with Crippen molar-refractivity contribution >= 4 is 28.7 Å². The Morgan fingerprint density at radius 2 is 1.72 bits per heavy atom. The number of aromatic nitrogens is 1. The fourth-order valence-corrected chi connectivity index (χ4v) is 3.21. The maximum absolute atomic E-state index is 12.5. The van der Waals surface area contributed by atoms with E-state index >= 15 is 0 Å². The van der Waals surface area contributed by atoms with Crippen molar-refractivity contribution in [3.63, 3.8) is 0 Å². The summed E-state index contributed by atoms with van der Waals surface area (Å²) in [4.78, 5) is 28.3. The molecular weight excluding hydrogens is 406 g/mol. The smallest absolute Gasteiger partial charge is 0.335 e. The molecule has 3 aromatic carbocycles. The van der Waals surface area contributed by atoms with E-state index in [-0.39, 0.29) is 23.5 Å². The van der Waals surface area contributed by atoms with Crippen LogP contribution >= 0.6 is 0 Å². The topological polar surface area (TPSA) is 96.7 Å². The minimum Gasteiger partial charge on any atom is -0.507 e. The number of nitrogens with zero attached hydrogens (tertiary/aromatic N) is 1. The fraction of sp³-hybridized carbons (Fsp3) is 0.0385. The van der Waals surface area contributed by atoms with Crippen molar-refractivity contribution in [3.8, 4) is 11.5 Å². The molecule has 0 aliphatic carbocycles. The molecule has 1 heterocycles. The lowest BCUT2D eigenvalue weighted by Crippen LogP contribution is -2.01. The Balaban J connectivity index is 1.52. The average Bonchev–Trinajstić information content (AvgIpc) is 2.81. The highest BCUT2D eigenvalue weighted by molar-refractivity contribution is 6.09. The summed E-state index contributed by atoms with van der Waals surface area (Å²) in [6, 6.07) is 22.5. The van der Waals surface area contributed by atoms with Crippen LogP contribution in [0, 0.1) is 0 Å². The number of carboxylic acid groups (broad SMARTS) is 1. The van der Waals surface area contributed by atoms with E-state index in [1.807, 2.05) is 48.5 Å². The van der Waals surface area contributed by atoms with Crippen molar-refractivity contribution < 1.29 is 24.5 Å². The third-order valence-electron chi connectivity index (χ3n) is 4.87. The summed E-state index contributed by atoms with van der Waals surface area (Å²) in [6.45, 7) is 0.255. The van der Waals surface area contributed by atoms with Crippen molar-refractivity contribution in [1.82, 2.24) is 4.98 Å². The molecule has 0 saturated carbocycles. The van der Waals surface area contributed by atoms with Gasteiger partial charge in [-0.05, 0) is 48.6 Å². The van der Waals surface area contributed by atoms with E-state index in [4.69, 9.17) is 9.84 Å². The van der Waals surface area contributed by atoms with Crippen molar-refractivity contribution in [2.75, 3.05) is 0 Å². The van der Waals surface area contributed by atoms with Gasteiger partial charge in [-0.25, -0.2) is 9.78 Å². The van der Waals surface area contributed by atoms with Gasteiger partial charge in [-0.1, -0.05) is 42.5 Å². The van der Waals surface area contributed by atoms with Gasteiger partial charge in [0.15, 0.2) is 5.78 Å². The summed E-state index contributed by atoms with van der Waals surface area (Å²) < 4.78 is 5.93. The number of fused-ring (bicyclic) bond motifs is 1. The Kier molecular flexibility index (Phi) is 5.94. The SMILES string of the molecule is O=C(O)c1ccc(O)c(C(=O)/C=C/c2ccccc2OCc2ccc3ccccc3n2)c1. The van der Waals surface area contributed by atoms with E-state index < -0.39 is 11.8 Å². The van der Waals surface area contributed by atoms with E-state index in [1.54, 1.807) is 18.2 Å². The van der Waals surface area contributed by atoms with Crippen molar-refractivity contribution in [3.05, 3.63) is 107 Å². The number of carbonyl (C=O) groups is 2. The number of carboxylic acids is 1. The lowest BCUT2D eigenvalue weighted by Gasteiger charge is -2.09. The summed E-state index contributed by atoms with van der Waals surface area (Å²) in [6.07, 6.45) is 2.84. The van der Waals surface area contributed by atoms with Crippen molar-refractivity contribution in [1.29, 1.82) is 0 Å². The van der Waals surface area contributed by atoms with Crippen LogP contribution in [0.3, 0.4) is 0 Å². The lowest BCUT2D eigenvalue weighted by atomic mass is 10.0. The molecule has 0 atom stereocenters. The Hall–Kier alpha value is -4.45. The molecule has 6 nitrogen and oxygen atoms in total. The molecule has 0 radical (unpaired) electrons. The quantitative estimate of drug-likeness (QED) is 0.315. The molecule has 0 unspecified atom stereocenters. The summed E-state index contributed by atoms with van der Waals surface area (Å²) in [5.74, 6) is -1.41. The summed E-state index contributed by atoms with van der Waals surface area (Å²) in [5.41, 5.74) is 2.16. The number of benzene rings is 3. The standard InChI is InChI=1S/C26H19NO5/c28-23(21-15-19(26(30)31)11-14-24(21)29)13-10-18-6-2-4-8-25(18)32-16-20-12-9-17-5-1-3-7-22(17)27-20/h1-15,29H,16H2,(H,30,31)/b13-10+. The van der Waals surface area contributed by atoms with Crippen LogP contribution < -0.4 is 4.74 Å². The molecular formula is C26H19NO5. The first-order valence-corrected chi connectivity index (χ1v) is 9.86. The number of rotatable bonds is 7. The van der Waals surface area contributed by atoms with Gasteiger partial charge in [-0.3, -0.25) is 4.79 Å². The predicted octanol–water partition coefficient (Wildman–Crippen LogP) is 5.11. The first-order chi connectivity index (χ1) is 15.5. The van der Waals surface area contributed by atoms with Crippen LogP contribution in [0.15, 0.2) is 84.9 Å². The molecule has 0 aliphatic heterocycles. The highest BCUT2D eigenvalue weighted by atomic mass is 16.5. The second-order valence-electron chi connectivity index (χ2n) is 7.06. The number of phenolic OH excluding ortho intramolecular Hbond substituents is 1. The molecule has 0 spiro atoms. The molecule has 0 saturated heterocycles. The zero-order valence-electron chi connectivity index (χ0n) is 16.9. The average molecular weight is 425 g/mol. The molecule has 0 aliphatic rings. The molecule has 2 N–H and O–H groups in total. The van der Waals surface area contributed by atoms with Gasteiger partial charge in [-0.2, -0.15) is 0 Å². The predicted molar refractivity (Wildman–Crippen MR) is 121 cm³/mol. The van der Waals surface area contributed by atoms with E-state index in [9.17, 15) is 14.7 Å². The van der Waals surface area contributed by atoms with Crippen LogP contribution in [0.5, 0.6) is 11.5 Å². The van der Waals surface area contributed by atoms with E-state index in [1.165, 1.54) is 18.2 Å². The number of phenols is 1. The Morgan fingerprint density at radius 3 is 2.56 bits per heavy atom. The Labute approximate surface area is 184 Å². The highest BCUT2D eigenvalue weighted by Crippen LogP contribution is 2.23. The third-order valence-corrected chi connectivity index (χ3v) is 4.87. The summed E-state index contributed by atoms with van der Waals surface area (Å²) in [5, 5.41) is 20.1. The van der Waals surface area contributed by atoms with Gasteiger partial charge in [0.05, 0.1) is 22.3 Å². The van der Waals surface area contributed by atoms with Crippen LogP contribution in [0.4, 0.5) is 0 Å². The second kappa shape index (κ2) is 9.14. The number of ether oxygens (including phenoxy) is 1. The molecule has 4 rings (SSSR count). The first-order valence-electron chi connectivity index (χ1n) is 9.86. The maximum atomic E-state index is 12.5. The largest absolute Gasteiger partial charge is 0.507 e. The number of hydrogen-bond donors (Lipinski definition) is 2. The number of hydrogen-bond acceptors (Lipinski definition) is 5. The molecule has 1 aromatic heterocycles. The third kappa shape index (κ3) is 4.65. The maximum Gasteiger partial charge on any atom is 0.335 e. The first kappa shape index (κ1) is 20.8. The number of pyridine rings is 1. The number of aromatic hydroxyl groups is 1. The molecule has 0 fully saturated rings. The molecule has 0 amide bonds. The second-order valence-corrected chi connectivity index (χ2v) is 7.06. The number of aromatic carboxylic acids is 1. The molecule has 32 heavy (non-hydrogen) atoms. The van der Waals surface area contributed by atoms with Crippen molar-refractivity contribution in [2.45, 2.75) is 6.61 Å². The fourth-order valence-electron chi connectivity index (χ4n) is 3.21. The van der Waals surface area contributed by atoms with E-state index in [2.05, 4.69) is 4.98 Å². The van der Waals surface area contributed by atoms with Gasteiger partial charge in [0, 0.05) is 10.9 Å². The van der Waals surface area contributed by atoms with Gasteiger partial charge < -0.3 is 14.9 Å². The van der Waals surface area contributed by atoms with E-state index in [0.29, 0.717) is 11.3 Å². The molecule has 6 heteroatoms. The van der Waals surface area contributed by atoms with Crippen LogP contribution in [0.2, 0.25) is 0 Å². The Morgan fingerprint density at radius 1 is 0.938 bits per heavy atom. The van der Waals surface area contributed by atoms with E-state index in [0.717, 1.165) is 22.7 Å². The van der Waals surface area contributed by atoms with Gasteiger partial charge >= 0.3 is 5.97 Å². The van der Waals surface area contributed by atoms with Gasteiger partial charge in [0.2, 0.25) is 0 Å². The monoisotopic (exact) mass is 425 g/mol. The van der Waals surface area contributed by atoms with Crippen LogP contribution in [-0.4, -0.2) is 26.9 Å². The van der Waals surface area contributed by atoms with Crippen molar-refractivity contribution in [2.24, 2.45) is 0 Å². The number of ketones is 1. The zero-order chi connectivity index (χ0) is 22.5. The van der Waals surface area contributed by atoms with Gasteiger partial charge in [0.1, 0.15) is 18.1 Å². The van der Waals surface area contributed by atoms with Gasteiger partial charge in [-0.15, -0.1) is 0 Å². The van der Waals surface area contributed by atoms with Gasteiger partial charge in [0.25, 0.3) is 0 Å². The molecule has 158 valence electrons. The highest BCUT2D eigenvalue weighted by Gasteiger charge is 2.13. The van der Waals surface area contributed by atoms with Crippen LogP contribution in [0.25, 0.3) is 17.0 Å². The lowest BCUT2D eigenvalue weighted by molar-refractivity contribution is 0.0697. The minimum atomic E-state index is -1.18. The van der Waals surface area contributed by atoms with Crippen LogP contribution in [-0.2, 0) is 6.61 Å². The molecule has 4 aromatic rings. The summed E-state index contributed by atoms with van der Waals surface area (Å²) >= 11 is 0. The number of para-hydroxylation sites is 2. The number of allylic oxidation sites excluding steroid dienone is 1.